The zero-order valence-electron chi connectivity index (χ0n) is 17.0. The fraction of sp³-hybridized carbons (Fsp3) is 0.565. The first-order valence-corrected chi connectivity index (χ1v) is 11.1. The molecule has 0 radical (unpaired) electrons. The summed E-state index contributed by atoms with van der Waals surface area (Å²) in [5, 5.41) is 11.5. The van der Waals surface area contributed by atoms with Crippen LogP contribution in [0.4, 0.5) is 19.0 Å². The molecule has 5 rings (SSSR count). The maximum atomic E-state index is 14.0. The molecule has 2 aromatic rings. The second-order valence-electron chi connectivity index (χ2n) is 9.13. The lowest BCUT2D eigenvalue weighted by atomic mass is 9.94. The number of fused-ring (bicyclic) bond motifs is 1. The van der Waals surface area contributed by atoms with Gasteiger partial charge < -0.3 is 5.32 Å². The SMILES string of the molecule is Fc1cc(F)c(F)c(-c2ccc(NC3C[C@@H]4CN(C5CCCCC5)C[C@@H]4C3)nn2)c1. The van der Waals surface area contributed by atoms with Crippen LogP contribution in [0.3, 0.4) is 0 Å². The third-order valence-electron chi connectivity index (χ3n) is 7.16. The molecule has 0 amide bonds. The van der Waals surface area contributed by atoms with Crippen LogP contribution in [0.15, 0.2) is 24.3 Å². The van der Waals surface area contributed by atoms with E-state index in [1.165, 1.54) is 45.2 Å². The molecule has 2 saturated carbocycles. The molecule has 1 N–H and O–H groups in total. The van der Waals surface area contributed by atoms with Gasteiger partial charge >= 0.3 is 0 Å². The van der Waals surface area contributed by atoms with Crippen LogP contribution in [0.2, 0.25) is 0 Å². The summed E-state index contributed by atoms with van der Waals surface area (Å²) in [5.74, 6) is -1.09. The third kappa shape index (κ3) is 3.92. The smallest absolute Gasteiger partial charge is 0.168 e. The van der Waals surface area contributed by atoms with Gasteiger partial charge in [0.25, 0.3) is 0 Å². The van der Waals surface area contributed by atoms with Crippen molar-refractivity contribution in [2.24, 2.45) is 11.8 Å². The number of nitrogens with zero attached hydrogens (tertiary/aromatic N) is 3. The minimum Gasteiger partial charge on any atom is -0.366 e. The van der Waals surface area contributed by atoms with Crippen LogP contribution in [0.1, 0.15) is 44.9 Å². The fourth-order valence-corrected chi connectivity index (χ4v) is 5.70. The number of aromatic nitrogens is 2. The molecule has 3 fully saturated rings. The highest BCUT2D eigenvalue weighted by Crippen LogP contribution is 2.41. The standard InChI is InChI=1S/C23H27F3N4/c24-16-10-19(23(26)20(25)11-16)21-6-7-22(29-28-21)27-17-8-14-12-30(13-15(14)9-17)18-4-2-1-3-5-18/h6-7,10-11,14-15,17-18H,1-5,8-9,12-13H2,(H,27,29)/t14-,15+,17?. The van der Waals surface area contributed by atoms with Crippen LogP contribution < -0.4 is 5.32 Å². The first kappa shape index (κ1) is 19.8. The Hall–Kier alpha value is -2.15. The van der Waals surface area contributed by atoms with Crippen LogP contribution in [0.25, 0.3) is 11.3 Å². The second-order valence-corrected chi connectivity index (χ2v) is 9.13. The van der Waals surface area contributed by atoms with Crippen molar-refractivity contribution in [2.75, 3.05) is 18.4 Å². The zero-order chi connectivity index (χ0) is 20.7. The lowest BCUT2D eigenvalue weighted by molar-refractivity contribution is 0.177. The lowest BCUT2D eigenvalue weighted by Crippen LogP contribution is -2.36. The molecule has 3 aliphatic rings. The summed E-state index contributed by atoms with van der Waals surface area (Å²) >= 11 is 0. The fourth-order valence-electron chi connectivity index (χ4n) is 5.70. The van der Waals surface area contributed by atoms with Crippen LogP contribution in [0.5, 0.6) is 0 Å². The average Bonchev–Trinajstić information content (AvgIpc) is 3.31. The van der Waals surface area contributed by atoms with Crippen molar-refractivity contribution in [1.29, 1.82) is 0 Å². The Labute approximate surface area is 174 Å². The van der Waals surface area contributed by atoms with Crippen LogP contribution >= 0.6 is 0 Å². The van der Waals surface area contributed by atoms with Gasteiger partial charge in [0.1, 0.15) is 11.6 Å². The Bertz CT molecular complexity index is 884. The van der Waals surface area contributed by atoms with E-state index in [0.29, 0.717) is 17.9 Å². The van der Waals surface area contributed by atoms with Crippen molar-refractivity contribution in [3.63, 3.8) is 0 Å². The van der Waals surface area contributed by atoms with Crippen molar-refractivity contribution in [3.05, 3.63) is 41.7 Å². The first-order valence-electron chi connectivity index (χ1n) is 11.1. The van der Waals surface area contributed by atoms with Gasteiger partial charge in [0.05, 0.1) is 5.69 Å². The molecule has 4 nitrogen and oxygen atoms in total. The van der Waals surface area contributed by atoms with Gasteiger partial charge in [-0.15, -0.1) is 10.2 Å². The lowest BCUT2D eigenvalue weighted by Gasteiger charge is -2.32. The molecule has 1 aromatic heterocycles. The molecule has 2 heterocycles. The number of rotatable bonds is 4. The van der Waals surface area contributed by atoms with Crippen LogP contribution in [-0.4, -0.2) is 40.3 Å². The summed E-state index contributed by atoms with van der Waals surface area (Å²) in [4.78, 5) is 2.73. The summed E-state index contributed by atoms with van der Waals surface area (Å²) in [6, 6.07) is 5.86. The van der Waals surface area contributed by atoms with Gasteiger partial charge in [-0.05, 0) is 55.7 Å². The van der Waals surface area contributed by atoms with E-state index in [2.05, 4.69) is 20.4 Å². The van der Waals surface area contributed by atoms with E-state index in [0.717, 1.165) is 36.8 Å². The minimum absolute atomic E-state index is 0.114. The summed E-state index contributed by atoms with van der Waals surface area (Å²) < 4.78 is 40.9. The third-order valence-corrected chi connectivity index (χ3v) is 7.16. The molecule has 1 unspecified atom stereocenters. The summed E-state index contributed by atoms with van der Waals surface area (Å²) in [5.41, 5.74) is -0.104. The largest absolute Gasteiger partial charge is 0.366 e. The Balaban J connectivity index is 1.19. The monoisotopic (exact) mass is 416 g/mol. The molecule has 2 aliphatic carbocycles. The zero-order valence-corrected chi connectivity index (χ0v) is 17.0. The predicted molar refractivity (Wildman–Crippen MR) is 109 cm³/mol. The Morgan fingerprint density at radius 3 is 2.30 bits per heavy atom. The van der Waals surface area contributed by atoms with Gasteiger partial charge in [-0.3, -0.25) is 4.90 Å². The number of halogens is 3. The quantitative estimate of drug-likeness (QED) is 0.711. The highest BCUT2D eigenvalue weighted by molar-refractivity contribution is 5.60. The Kier molecular flexibility index (Phi) is 5.39. The molecular weight excluding hydrogens is 389 g/mol. The van der Waals surface area contributed by atoms with E-state index < -0.39 is 17.5 Å². The van der Waals surface area contributed by atoms with E-state index >= 15 is 0 Å². The first-order chi connectivity index (χ1) is 14.6. The van der Waals surface area contributed by atoms with Crippen molar-refractivity contribution >= 4 is 5.82 Å². The highest BCUT2D eigenvalue weighted by atomic mass is 19.2. The van der Waals surface area contributed by atoms with Crippen molar-refractivity contribution in [1.82, 2.24) is 15.1 Å². The van der Waals surface area contributed by atoms with Crippen molar-refractivity contribution in [2.45, 2.75) is 57.0 Å². The van der Waals surface area contributed by atoms with Gasteiger partial charge in [0, 0.05) is 36.8 Å². The van der Waals surface area contributed by atoms with Gasteiger partial charge in [0.2, 0.25) is 0 Å². The number of hydrogen-bond donors (Lipinski definition) is 1. The molecule has 3 atom stereocenters. The van der Waals surface area contributed by atoms with E-state index in [1.807, 2.05) is 0 Å². The average molecular weight is 416 g/mol. The van der Waals surface area contributed by atoms with Gasteiger partial charge in [-0.2, -0.15) is 0 Å². The summed E-state index contributed by atoms with van der Waals surface area (Å²) in [6.07, 6.45) is 9.12. The minimum atomic E-state index is -1.23. The molecule has 0 bridgehead atoms. The summed E-state index contributed by atoms with van der Waals surface area (Å²) in [7, 11) is 0. The molecule has 7 heteroatoms. The Morgan fingerprint density at radius 2 is 1.63 bits per heavy atom. The molecular formula is C23H27F3N4. The Morgan fingerprint density at radius 1 is 0.900 bits per heavy atom. The maximum Gasteiger partial charge on any atom is 0.168 e. The number of hydrogen-bond acceptors (Lipinski definition) is 4. The van der Waals surface area contributed by atoms with Gasteiger partial charge in [-0.25, -0.2) is 13.2 Å². The van der Waals surface area contributed by atoms with E-state index in [1.54, 1.807) is 12.1 Å². The molecule has 160 valence electrons. The maximum absolute atomic E-state index is 14.0. The number of benzene rings is 1. The van der Waals surface area contributed by atoms with Crippen molar-refractivity contribution in [3.8, 4) is 11.3 Å². The van der Waals surface area contributed by atoms with E-state index in [4.69, 9.17) is 0 Å². The van der Waals surface area contributed by atoms with E-state index in [9.17, 15) is 13.2 Å². The number of likely N-dealkylation sites (tertiary alicyclic amines) is 1. The van der Waals surface area contributed by atoms with Crippen LogP contribution in [0, 0.1) is 29.3 Å². The molecule has 1 saturated heterocycles. The molecule has 1 aromatic carbocycles. The topological polar surface area (TPSA) is 41.0 Å². The normalized spacial score (nSPS) is 27.4. The van der Waals surface area contributed by atoms with Gasteiger partial charge in [0.15, 0.2) is 11.6 Å². The van der Waals surface area contributed by atoms with Crippen molar-refractivity contribution < 1.29 is 13.2 Å². The predicted octanol–water partition coefficient (Wildman–Crippen LogP) is 5.02. The highest BCUT2D eigenvalue weighted by Gasteiger charge is 2.42. The van der Waals surface area contributed by atoms with Crippen LogP contribution in [-0.2, 0) is 0 Å². The number of anilines is 1. The number of nitrogens with one attached hydrogen (secondary N) is 1. The summed E-state index contributed by atoms with van der Waals surface area (Å²) in [6.45, 7) is 2.42. The molecule has 0 spiro atoms. The van der Waals surface area contributed by atoms with E-state index in [-0.39, 0.29) is 11.3 Å². The van der Waals surface area contributed by atoms with Gasteiger partial charge in [-0.1, -0.05) is 19.3 Å². The molecule has 1 aliphatic heterocycles. The molecule has 30 heavy (non-hydrogen) atoms. The second kappa shape index (κ2) is 8.17.